The van der Waals surface area contributed by atoms with E-state index >= 15 is 0 Å². The van der Waals surface area contributed by atoms with Gasteiger partial charge in [-0.2, -0.15) is 0 Å². The van der Waals surface area contributed by atoms with E-state index in [0.29, 0.717) is 11.5 Å². The van der Waals surface area contributed by atoms with Gasteiger partial charge in [-0.3, -0.25) is 0 Å². The Bertz CT molecular complexity index is 1420. The highest BCUT2D eigenvalue weighted by atomic mass is 16.5. The number of methoxy groups -OCH3 is 1. The molecule has 0 bridgehead atoms. The van der Waals surface area contributed by atoms with Crippen molar-refractivity contribution >= 4 is 17.4 Å². The van der Waals surface area contributed by atoms with Gasteiger partial charge in [0.05, 0.1) is 7.11 Å². The first kappa shape index (κ1) is 21.0. The molecule has 0 spiro atoms. The van der Waals surface area contributed by atoms with Gasteiger partial charge in [-0.1, -0.05) is 72.8 Å². The number of azide groups is 1. The van der Waals surface area contributed by atoms with Crippen LogP contribution in [0.25, 0.3) is 16.1 Å². The fourth-order valence-electron chi connectivity index (χ4n) is 4.09. The van der Waals surface area contributed by atoms with Crippen LogP contribution in [0.1, 0.15) is 16.7 Å². The molecule has 0 saturated heterocycles. The fourth-order valence-corrected chi connectivity index (χ4v) is 4.09. The standard InChI is InChI=1S/C25H20N8O/c1-34-21-14-12-20(13-15-21)25(18-8-4-2-5-9-18,19-10-6-3-7-11-19)29-22-23-27-16-17-33(23)31-24(28-22)30-32-26/h2-17H,1H3,(H,28,29,31). The van der Waals surface area contributed by atoms with Crippen molar-refractivity contribution in [3.8, 4) is 5.75 Å². The lowest BCUT2D eigenvalue weighted by Crippen LogP contribution is -2.38. The monoisotopic (exact) mass is 448 g/mol. The van der Waals surface area contributed by atoms with Gasteiger partial charge >= 0.3 is 0 Å². The fraction of sp³-hybridized carbons (Fsp3) is 0.0800. The molecule has 34 heavy (non-hydrogen) atoms. The molecule has 0 amide bonds. The van der Waals surface area contributed by atoms with Crippen molar-refractivity contribution in [1.82, 2.24) is 19.6 Å². The van der Waals surface area contributed by atoms with Crippen LogP contribution in [-0.2, 0) is 5.54 Å². The molecule has 0 aliphatic heterocycles. The van der Waals surface area contributed by atoms with Crippen molar-refractivity contribution in [3.05, 3.63) is 124 Å². The molecule has 0 aliphatic rings. The predicted octanol–water partition coefficient (Wildman–Crippen LogP) is 5.48. The van der Waals surface area contributed by atoms with E-state index in [4.69, 9.17) is 10.3 Å². The van der Waals surface area contributed by atoms with Crippen LogP contribution in [0, 0.1) is 0 Å². The largest absolute Gasteiger partial charge is 0.497 e. The average Bonchev–Trinajstić information content (AvgIpc) is 3.38. The molecule has 9 nitrogen and oxygen atoms in total. The molecule has 2 aromatic heterocycles. The van der Waals surface area contributed by atoms with Gasteiger partial charge in [0.25, 0.3) is 0 Å². The van der Waals surface area contributed by atoms with Crippen molar-refractivity contribution in [2.45, 2.75) is 5.54 Å². The molecule has 1 N–H and O–H groups in total. The van der Waals surface area contributed by atoms with Crippen LogP contribution in [0.5, 0.6) is 5.75 Å². The van der Waals surface area contributed by atoms with Crippen LogP contribution in [0.15, 0.2) is 102 Å². The number of imidazole rings is 1. The number of benzene rings is 3. The molecule has 2 heterocycles. The summed E-state index contributed by atoms with van der Waals surface area (Å²) in [6.45, 7) is 0. The second-order valence-electron chi connectivity index (χ2n) is 7.48. The van der Waals surface area contributed by atoms with E-state index in [2.05, 4.69) is 54.7 Å². The molecule has 3 aromatic carbocycles. The van der Waals surface area contributed by atoms with Gasteiger partial charge in [-0.25, -0.2) is 14.5 Å². The molecule has 0 radical (unpaired) electrons. The molecule has 0 unspecified atom stereocenters. The Morgan fingerprint density at radius 3 is 2.12 bits per heavy atom. The van der Waals surface area contributed by atoms with Crippen LogP contribution >= 0.6 is 0 Å². The molecule has 0 saturated carbocycles. The van der Waals surface area contributed by atoms with Crippen LogP contribution < -0.4 is 10.1 Å². The maximum Gasteiger partial charge on any atom is 0.238 e. The Morgan fingerprint density at radius 2 is 1.53 bits per heavy atom. The van der Waals surface area contributed by atoms with Crippen molar-refractivity contribution in [3.63, 3.8) is 0 Å². The minimum absolute atomic E-state index is 0.0137. The Balaban J connectivity index is 1.82. The molecular weight excluding hydrogens is 428 g/mol. The van der Waals surface area contributed by atoms with Crippen molar-refractivity contribution in [2.75, 3.05) is 12.4 Å². The quantitative estimate of drug-likeness (QED) is 0.153. The molecular formula is C25H20N8O. The normalized spacial score (nSPS) is 11.1. The van der Waals surface area contributed by atoms with Crippen molar-refractivity contribution in [1.29, 1.82) is 0 Å². The van der Waals surface area contributed by atoms with E-state index in [0.717, 1.165) is 22.4 Å². The van der Waals surface area contributed by atoms with Gasteiger partial charge in [0, 0.05) is 17.3 Å². The van der Waals surface area contributed by atoms with Gasteiger partial charge < -0.3 is 10.1 Å². The van der Waals surface area contributed by atoms with Gasteiger partial charge in [0.15, 0.2) is 11.5 Å². The van der Waals surface area contributed by atoms with Gasteiger partial charge in [-0.05, 0) is 39.5 Å². The van der Waals surface area contributed by atoms with E-state index in [1.54, 1.807) is 19.5 Å². The lowest BCUT2D eigenvalue weighted by Gasteiger charge is -2.37. The summed E-state index contributed by atoms with van der Waals surface area (Å²) in [5.41, 5.74) is 11.5. The van der Waals surface area contributed by atoms with Gasteiger partial charge in [-0.15, -0.1) is 5.10 Å². The smallest absolute Gasteiger partial charge is 0.238 e. The number of anilines is 1. The molecule has 5 aromatic rings. The van der Waals surface area contributed by atoms with Gasteiger partial charge in [0.2, 0.25) is 5.95 Å². The Kier molecular flexibility index (Phi) is 5.51. The second-order valence-corrected chi connectivity index (χ2v) is 7.48. The first-order valence-electron chi connectivity index (χ1n) is 10.5. The molecule has 9 heteroatoms. The summed E-state index contributed by atoms with van der Waals surface area (Å²) in [6, 6.07) is 28.1. The van der Waals surface area contributed by atoms with E-state index < -0.39 is 5.54 Å². The Labute approximate surface area is 195 Å². The first-order valence-corrected chi connectivity index (χ1v) is 10.5. The summed E-state index contributed by atoms with van der Waals surface area (Å²) < 4.78 is 6.94. The van der Waals surface area contributed by atoms with Crippen LogP contribution in [0.4, 0.5) is 11.8 Å². The number of nitrogens with zero attached hydrogens (tertiary/aromatic N) is 7. The number of aromatic nitrogens is 4. The third-order valence-corrected chi connectivity index (χ3v) is 5.62. The summed E-state index contributed by atoms with van der Waals surface area (Å²) in [5, 5.41) is 11.5. The SMILES string of the molecule is COc1ccc(C(Nc2nc(N=[N+]=[N-])nn3ccnc23)(c2ccccc2)c2ccccc2)cc1. The van der Waals surface area contributed by atoms with E-state index in [1.807, 2.05) is 60.7 Å². The zero-order valence-corrected chi connectivity index (χ0v) is 18.3. The van der Waals surface area contributed by atoms with Crippen molar-refractivity contribution in [2.24, 2.45) is 5.11 Å². The molecule has 166 valence electrons. The zero-order chi connectivity index (χ0) is 23.4. The average molecular weight is 448 g/mol. The maximum absolute atomic E-state index is 8.97. The number of rotatable bonds is 7. The second kappa shape index (κ2) is 8.93. The van der Waals surface area contributed by atoms with Crippen molar-refractivity contribution < 1.29 is 4.74 Å². The Morgan fingerprint density at radius 1 is 0.912 bits per heavy atom. The van der Waals surface area contributed by atoms with Crippen LogP contribution in [0.2, 0.25) is 0 Å². The molecule has 0 aliphatic carbocycles. The number of hydrogen-bond donors (Lipinski definition) is 1. The number of hydrogen-bond acceptors (Lipinski definition) is 6. The number of fused-ring (bicyclic) bond motifs is 1. The third-order valence-electron chi connectivity index (χ3n) is 5.62. The highest BCUT2D eigenvalue weighted by Crippen LogP contribution is 2.41. The van der Waals surface area contributed by atoms with Crippen LogP contribution in [-0.4, -0.2) is 26.7 Å². The summed E-state index contributed by atoms with van der Waals surface area (Å²) in [6.07, 6.45) is 3.30. The lowest BCUT2D eigenvalue weighted by molar-refractivity contribution is 0.414. The molecule has 5 rings (SSSR count). The Hall–Kier alpha value is -4.88. The minimum Gasteiger partial charge on any atom is -0.497 e. The minimum atomic E-state index is -0.858. The maximum atomic E-state index is 8.97. The highest BCUT2D eigenvalue weighted by molar-refractivity contribution is 5.69. The third kappa shape index (κ3) is 3.66. The summed E-state index contributed by atoms with van der Waals surface area (Å²) in [5.74, 6) is 1.16. The highest BCUT2D eigenvalue weighted by Gasteiger charge is 2.37. The van der Waals surface area contributed by atoms with E-state index in [1.165, 1.54) is 4.52 Å². The molecule has 0 atom stereocenters. The topological polar surface area (TPSA) is 113 Å². The summed E-state index contributed by atoms with van der Waals surface area (Å²) in [7, 11) is 1.64. The van der Waals surface area contributed by atoms with E-state index in [-0.39, 0.29) is 5.95 Å². The number of nitrogens with one attached hydrogen (secondary N) is 1. The van der Waals surface area contributed by atoms with Gasteiger partial charge in [0.1, 0.15) is 11.3 Å². The van der Waals surface area contributed by atoms with E-state index in [9.17, 15) is 0 Å². The number of ether oxygens (including phenoxy) is 1. The summed E-state index contributed by atoms with van der Waals surface area (Å²) >= 11 is 0. The molecule has 0 fully saturated rings. The summed E-state index contributed by atoms with van der Waals surface area (Å²) in [4.78, 5) is 11.8. The first-order chi connectivity index (χ1) is 16.7. The predicted molar refractivity (Wildman–Crippen MR) is 129 cm³/mol. The van der Waals surface area contributed by atoms with Crippen LogP contribution in [0.3, 0.4) is 0 Å². The zero-order valence-electron chi connectivity index (χ0n) is 18.3. The lowest BCUT2D eigenvalue weighted by atomic mass is 9.77.